The van der Waals surface area contributed by atoms with Gasteiger partial charge in [0.1, 0.15) is 0 Å². The van der Waals surface area contributed by atoms with E-state index in [-0.39, 0.29) is 34.1 Å². The molecule has 4 aromatic rings. The number of halogens is 5. The van der Waals surface area contributed by atoms with E-state index in [0.717, 1.165) is 28.8 Å². The number of carbonyl (C=O) groups excluding carboxylic acids is 1. The van der Waals surface area contributed by atoms with Gasteiger partial charge >= 0.3 is 6.18 Å². The first kappa shape index (κ1) is 24.6. The largest absolute Gasteiger partial charge is 0.416 e. The van der Waals surface area contributed by atoms with Gasteiger partial charge in [0.15, 0.2) is 0 Å². The second-order valence-electron chi connectivity index (χ2n) is 8.92. The average Bonchev–Trinajstić information content (AvgIpc) is 3.19. The van der Waals surface area contributed by atoms with Crippen molar-refractivity contribution in [2.75, 3.05) is 0 Å². The first-order valence-electron chi connectivity index (χ1n) is 11.5. The van der Waals surface area contributed by atoms with Crippen molar-refractivity contribution < 1.29 is 26.7 Å². The summed E-state index contributed by atoms with van der Waals surface area (Å²) in [5, 5.41) is 3.08. The highest BCUT2D eigenvalue weighted by molar-refractivity contribution is 5.99. The summed E-state index contributed by atoms with van der Waals surface area (Å²) in [5.41, 5.74) is -1.43. The molecule has 1 amide bonds. The van der Waals surface area contributed by atoms with Gasteiger partial charge in [0.05, 0.1) is 28.4 Å². The van der Waals surface area contributed by atoms with Crippen molar-refractivity contribution in [3.8, 4) is 5.69 Å². The summed E-state index contributed by atoms with van der Waals surface area (Å²) in [6, 6.07) is 12.9. The third-order valence-corrected chi connectivity index (χ3v) is 6.53. The summed E-state index contributed by atoms with van der Waals surface area (Å²) in [7, 11) is 0. The highest BCUT2D eigenvalue weighted by Gasteiger charge is 2.44. The fraction of sp³-hybridized carbons (Fsp3) is 0.222. The van der Waals surface area contributed by atoms with Crippen LogP contribution in [0.25, 0.3) is 16.6 Å². The van der Waals surface area contributed by atoms with Crippen molar-refractivity contribution >= 4 is 16.8 Å². The zero-order valence-electron chi connectivity index (χ0n) is 19.4. The van der Waals surface area contributed by atoms with Gasteiger partial charge in [0.25, 0.3) is 17.4 Å². The van der Waals surface area contributed by atoms with Crippen LogP contribution in [0, 0.1) is 0 Å². The Kier molecular flexibility index (Phi) is 5.85. The SMILES string of the molecule is C[C@H](NC(=O)c1ccc2c(c1)c1c(c(=O)n2-c2ccc(C(F)(F)F)cc2)C(F)(F)CC1)c1ccccn1. The normalized spacial score (nSPS) is 15.4. The lowest BCUT2D eigenvalue weighted by Crippen LogP contribution is -2.29. The Morgan fingerprint density at radius 1 is 1.08 bits per heavy atom. The molecule has 2 aromatic heterocycles. The molecule has 37 heavy (non-hydrogen) atoms. The number of pyridine rings is 2. The van der Waals surface area contributed by atoms with Gasteiger partial charge in [-0.25, -0.2) is 8.78 Å². The van der Waals surface area contributed by atoms with E-state index in [4.69, 9.17) is 0 Å². The van der Waals surface area contributed by atoms with E-state index in [9.17, 15) is 31.5 Å². The summed E-state index contributed by atoms with van der Waals surface area (Å²) >= 11 is 0. The molecule has 0 spiro atoms. The fourth-order valence-electron chi connectivity index (χ4n) is 4.68. The molecule has 190 valence electrons. The summed E-state index contributed by atoms with van der Waals surface area (Å²) in [6.07, 6.45) is -3.64. The van der Waals surface area contributed by atoms with Gasteiger partial charge in [-0.15, -0.1) is 0 Å². The molecule has 1 atom stereocenters. The Morgan fingerprint density at radius 3 is 2.46 bits per heavy atom. The van der Waals surface area contributed by atoms with Crippen molar-refractivity contribution in [2.24, 2.45) is 0 Å². The number of fused-ring (bicyclic) bond motifs is 3. The molecule has 1 aliphatic carbocycles. The van der Waals surface area contributed by atoms with Crippen LogP contribution in [0.5, 0.6) is 0 Å². The number of hydrogen-bond donors (Lipinski definition) is 1. The van der Waals surface area contributed by atoms with E-state index in [1.165, 1.54) is 18.2 Å². The lowest BCUT2D eigenvalue weighted by molar-refractivity contribution is -0.137. The summed E-state index contributed by atoms with van der Waals surface area (Å²) in [6.45, 7) is 1.75. The molecule has 0 saturated carbocycles. The number of rotatable bonds is 4. The van der Waals surface area contributed by atoms with Crippen molar-refractivity contribution in [3.05, 3.63) is 105 Å². The third kappa shape index (κ3) is 4.36. The van der Waals surface area contributed by atoms with Crippen LogP contribution in [-0.2, 0) is 18.5 Å². The Balaban J connectivity index is 1.64. The monoisotopic (exact) mass is 513 g/mol. The van der Waals surface area contributed by atoms with Crippen LogP contribution in [0.3, 0.4) is 0 Å². The molecule has 0 fully saturated rings. The second-order valence-corrected chi connectivity index (χ2v) is 8.92. The zero-order valence-corrected chi connectivity index (χ0v) is 19.4. The number of benzene rings is 2. The first-order chi connectivity index (χ1) is 17.5. The molecule has 1 N–H and O–H groups in total. The van der Waals surface area contributed by atoms with Crippen LogP contribution < -0.4 is 10.9 Å². The maximum Gasteiger partial charge on any atom is 0.416 e. The Labute approximate surface area is 207 Å². The maximum absolute atomic E-state index is 14.8. The molecule has 5 rings (SSSR count). The van der Waals surface area contributed by atoms with Crippen LogP contribution in [0.4, 0.5) is 22.0 Å². The van der Waals surface area contributed by atoms with E-state index in [2.05, 4.69) is 10.3 Å². The molecule has 0 unspecified atom stereocenters. The number of nitrogens with zero attached hydrogens (tertiary/aromatic N) is 2. The lowest BCUT2D eigenvalue weighted by Gasteiger charge is -2.18. The third-order valence-electron chi connectivity index (χ3n) is 6.53. The number of alkyl halides is 5. The number of amides is 1. The van der Waals surface area contributed by atoms with Gasteiger partial charge in [-0.2, -0.15) is 13.2 Å². The van der Waals surface area contributed by atoms with Gasteiger partial charge in [-0.05, 0) is 73.5 Å². The average molecular weight is 513 g/mol. The van der Waals surface area contributed by atoms with Crippen molar-refractivity contribution in [3.63, 3.8) is 0 Å². The lowest BCUT2D eigenvalue weighted by atomic mass is 10.0. The zero-order chi connectivity index (χ0) is 26.5. The van der Waals surface area contributed by atoms with Gasteiger partial charge in [0, 0.05) is 29.3 Å². The van der Waals surface area contributed by atoms with Crippen molar-refractivity contribution in [1.29, 1.82) is 0 Å². The summed E-state index contributed by atoms with van der Waals surface area (Å²) < 4.78 is 69.7. The molecule has 0 bridgehead atoms. The van der Waals surface area contributed by atoms with Gasteiger partial charge in [-0.1, -0.05) is 6.07 Å². The van der Waals surface area contributed by atoms with Crippen LogP contribution >= 0.6 is 0 Å². The van der Waals surface area contributed by atoms with Crippen molar-refractivity contribution in [1.82, 2.24) is 14.9 Å². The van der Waals surface area contributed by atoms with Crippen LogP contribution in [-0.4, -0.2) is 15.5 Å². The molecule has 0 saturated heterocycles. The smallest absolute Gasteiger partial charge is 0.344 e. The minimum atomic E-state index is -4.59. The Hall–Kier alpha value is -4.08. The van der Waals surface area contributed by atoms with Crippen LogP contribution in [0.15, 0.2) is 71.7 Å². The molecular formula is C27H20F5N3O2. The molecule has 10 heteroatoms. The molecular weight excluding hydrogens is 493 g/mol. The fourth-order valence-corrected chi connectivity index (χ4v) is 4.68. The minimum Gasteiger partial charge on any atom is -0.344 e. The van der Waals surface area contributed by atoms with Gasteiger partial charge in [-0.3, -0.25) is 19.1 Å². The van der Waals surface area contributed by atoms with E-state index in [0.29, 0.717) is 5.69 Å². The van der Waals surface area contributed by atoms with E-state index >= 15 is 0 Å². The molecule has 5 nitrogen and oxygen atoms in total. The Bertz CT molecular complexity index is 1560. The van der Waals surface area contributed by atoms with Crippen LogP contribution in [0.2, 0.25) is 0 Å². The standard InChI is InChI=1S/C27H20F5N3O2/c1-15(21-4-2-3-13-33-21)34-24(36)16-5-10-22-20(14-16)19-11-12-26(28,29)23(19)25(37)35(22)18-8-6-17(7-9-18)27(30,31)32/h2-10,13-15H,11-12H2,1H3,(H,34,36)/t15-/m0/s1. The molecule has 2 aromatic carbocycles. The maximum atomic E-state index is 14.8. The highest BCUT2D eigenvalue weighted by Crippen LogP contribution is 2.43. The topological polar surface area (TPSA) is 64.0 Å². The second kappa shape index (κ2) is 8.79. The summed E-state index contributed by atoms with van der Waals surface area (Å²) in [5.74, 6) is -3.87. The predicted octanol–water partition coefficient (Wildman–Crippen LogP) is 5.93. The quantitative estimate of drug-likeness (QED) is 0.344. The summed E-state index contributed by atoms with van der Waals surface area (Å²) in [4.78, 5) is 30.5. The number of carbonyl (C=O) groups is 1. The van der Waals surface area contributed by atoms with Crippen molar-refractivity contribution in [2.45, 2.75) is 37.9 Å². The van der Waals surface area contributed by atoms with Crippen LogP contribution in [0.1, 0.15) is 52.1 Å². The predicted molar refractivity (Wildman–Crippen MR) is 127 cm³/mol. The van der Waals surface area contributed by atoms with Gasteiger partial charge < -0.3 is 5.32 Å². The van der Waals surface area contributed by atoms with E-state index < -0.39 is 47.2 Å². The molecule has 1 aliphatic rings. The molecule has 0 aliphatic heterocycles. The number of aromatic nitrogens is 2. The van der Waals surface area contributed by atoms with E-state index in [1.807, 2.05) is 0 Å². The van der Waals surface area contributed by atoms with E-state index in [1.54, 1.807) is 31.3 Å². The number of aryl methyl sites for hydroxylation is 1. The number of nitrogens with one attached hydrogen (secondary N) is 1. The highest BCUT2D eigenvalue weighted by atomic mass is 19.4. The van der Waals surface area contributed by atoms with Gasteiger partial charge in [0.2, 0.25) is 0 Å². The Morgan fingerprint density at radius 2 is 1.81 bits per heavy atom. The molecule has 2 heterocycles. The first-order valence-corrected chi connectivity index (χ1v) is 11.5. The minimum absolute atomic E-state index is 0.00877. The number of hydrogen-bond acceptors (Lipinski definition) is 3. The molecule has 0 radical (unpaired) electrons.